The van der Waals surface area contributed by atoms with E-state index in [1.54, 1.807) is 7.11 Å². The third-order valence-electron chi connectivity index (χ3n) is 6.46. The van der Waals surface area contributed by atoms with Gasteiger partial charge in [0.25, 0.3) is 0 Å². The lowest BCUT2D eigenvalue weighted by molar-refractivity contribution is 0.00545. The second kappa shape index (κ2) is 12.1. The number of halogens is 1. The molecule has 1 aromatic rings. The molecule has 2 aliphatic heterocycles. The van der Waals surface area contributed by atoms with Gasteiger partial charge >= 0.3 is 6.09 Å². The third-order valence-corrected chi connectivity index (χ3v) is 6.46. The normalized spacial score (nSPS) is 23.4. The molecule has 2 bridgehead atoms. The zero-order chi connectivity index (χ0) is 23.3. The molecule has 0 spiro atoms. The molecule has 2 N–H and O–H groups in total. The zero-order valence-electron chi connectivity index (χ0n) is 20.9. The number of piperidine rings is 1. The minimum atomic E-state index is -0.458. The predicted octanol–water partition coefficient (Wildman–Crippen LogP) is 4.90. The summed E-state index contributed by atoms with van der Waals surface area (Å²) in [6.45, 7) is 8.85. The summed E-state index contributed by atoms with van der Waals surface area (Å²) in [7, 11) is 3.50. The van der Waals surface area contributed by atoms with Crippen molar-refractivity contribution in [2.45, 2.75) is 89.4 Å². The number of rotatable bonds is 6. The summed E-state index contributed by atoms with van der Waals surface area (Å²) in [5.41, 5.74) is 0.849. The number of hydrogen-bond donors (Lipinski definition) is 2. The summed E-state index contributed by atoms with van der Waals surface area (Å²) in [4.78, 5) is 19.1. The van der Waals surface area contributed by atoms with Crippen molar-refractivity contribution < 1.29 is 14.3 Å². The van der Waals surface area contributed by atoms with Gasteiger partial charge in [0.1, 0.15) is 11.4 Å². The first-order valence-electron chi connectivity index (χ1n) is 11.8. The Kier molecular flexibility index (Phi) is 10.1. The third kappa shape index (κ3) is 7.65. The number of nitrogens with zero attached hydrogens (tertiary/aromatic N) is 2. The number of nitrogens with one attached hydrogen (secondary N) is 2. The van der Waals surface area contributed by atoms with Crippen LogP contribution in [-0.4, -0.2) is 61.4 Å². The fourth-order valence-corrected chi connectivity index (χ4v) is 4.80. The first-order valence-corrected chi connectivity index (χ1v) is 11.8. The summed E-state index contributed by atoms with van der Waals surface area (Å²) in [5, 5.41) is 7.05. The molecule has 2 aliphatic rings. The average Bonchev–Trinajstić information content (AvgIpc) is 3.02. The number of benzene rings is 1. The Morgan fingerprint density at radius 1 is 1.18 bits per heavy atom. The number of guanidine groups is 1. The van der Waals surface area contributed by atoms with Crippen molar-refractivity contribution in [1.82, 2.24) is 15.5 Å². The van der Waals surface area contributed by atoms with Crippen LogP contribution in [0, 0.1) is 0 Å². The highest BCUT2D eigenvalue weighted by atomic mass is 127. The fourth-order valence-electron chi connectivity index (χ4n) is 4.80. The van der Waals surface area contributed by atoms with Crippen molar-refractivity contribution in [1.29, 1.82) is 0 Å². The van der Waals surface area contributed by atoms with Crippen LogP contribution in [-0.2, 0) is 4.74 Å². The minimum absolute atomic E-state index is 0. The van der Waals surface area contributed by atoms with Gasteiger partial charge in [0.2, 0.25) is 0 Å². The van der Waals surface area contributed by atoms with Crippen LogP contribution in [0.15, 0.2) is 29.3 Å². The molecule has 3 rings (SSSR count). The molecule has 0 aromatic heterocycles. The number of carbonyl (C=O) groups is 1. The highest BCUT2D eigenvalue weighted by molar-refractivity contribution is 14.0. The van der Waals surface area contributed by atoms with E-state index >= 15 is 0 Å². The first kappa shape index (κ1) is 27.5. The van der Waals surface area contributed by atoms with Crippen LogP contribution >= 0.6 is 24.0 Å². The van der Waals surface area contributed by atoms with Crippen molar-refractivity contribution in [2.24, 2.45) is 4.99 Å². The summed E-state index contributed by atoms with van der Waals surface area (Å²) >= 11 is 0. The molecule has 3 atom stereocenters. The Hall–Kier alpha value is -1.71. The Bertz CT molecular complexity index is 780. The van der Waals surface area contributed by atoms with E-state index in [9.17, 15) is 4.79 Å². The molecule has 8 heteroatoms. The lowest BCUT2D eigenvalue weighted by Gasteiger charge is -2.40. The molecule has 33 heavy (non-hydrogen) atoms. The fraction of sp³-hybridized carbons (Fsp3) is 0.680. The van der Waals surface area contributed by atoms with Crippen molar-refractivity contribution in [3.63, 3.8) is 0 Å². The Morgan fingerprint density at radius 3 is 2.30 bits per heavy atom. The highest BCUT2D eigenvalue weighted by Crippen LogP contribution is 2.36. The van der Waals surface area contributed by atoms with Gasteiger partial charge < -0.3 is 25.0 Å². The molecular formula is C25H41IN4O3. The number of fused-ring (bicyclic) bond motifs is 2. The second-order valence-corrected chi connectivity index (χ2v) is 10.0. The number of ether oxygens (including phenoxy) is 2. The molecule has 186 valence electrons. The molecule has 0 radical (unpaired) electrons. The molecule has 1 amide bonds. The number of methoxy groups -OCH3 is 1. The van der Waals surface area contributed by atoms with Gasteiger partial charge in [-0.25, -0.2) is 4.79 Å². The Balaban J connectivity index is 0.00000385. The predicted molar refractivity (Wildman–Crippen MR) is 144 cm³/mol. The van der Waals surface area contributed by atoms with E-state index in [-0.39, 0.29) is 42.2 Å². The maximum absolute atomic E-state index is 12.7. The van der Waals surface area contributed by atoms with Crippen LogP contribution in [0.5, 0.6) is 5.75 Å². The van der Waals surface area contributed by atoms with Crippen LogP contribution in [0.3, 0.4) is 0 Å². The van der Waals surface area contributed by atoms with Crippen LogP contribution in [0.25, 0.3) is 0 Å². The number of aliphatic imine (C=N–C) groups is 1. The monoisotopic (exact) mass is 572 g/mol. The number of carbonyl (C=O) groups excluding carboxylic acids is 1. The molecule has 0 saturated carbocycles. The van der Waals surface area contributed by atoms with Gasteiger partial charge in [0.15, 0.2) is 5.96 Å². The standard InChI is InChI=1S/C25H40N4O3.HI/c1-17(18-7-11-22(31-6)12-8-18)13-14-27-23(26-5)28-19-15-20-9-10-21(16-19)29(20)24(30)32-25(2,3)4;/h7-8,11-12,17,19-21H,9-10,13-16H2,1-6H3,(H2,26,27,28);1H. The number of hydrogen-bond acceptors (Lipinski definition) is 4. The topological polar surface area (TPSA) is 75.2 Å². The van der Waals surface area contributed by atoms with E-state index < -0.39 is 5.60 Å². The van der Waals surface area contributed by atoms with E-state index in [4.69, 9.17) is 9.47 Å². The SMILES string of the molecule is CN=C(NCCC(C)c1ccc(OC)cc1)NC1CC2CCC(C1)N2C(=O)OC(C)(C)C.I. The maximum Gasteiger partial charge on any atom is 0.410 e. The summed E-state index contributed by atoms with van der Waals surface area (Å²) in [6.07, 6.45) is 4.80. The van der Waals surface area contributed by atoms with E-state index in [1.807, 2.05) is 44.9 Å². The molecule has 2 fully saturated rings. The lowest BCUT2D eigenvalue weighted by Crippen LogP contribution is -2.55. The molecular weight excluding hydrogens is 531 g/mol. The zero-order valence-corrected chi connectivity index (χ0v) is 23.2. The molecule has 3 unspecified atom stereocenters. The van der Waals surface area contributed by atoms with E-state index in [0.717, 1.165) is 50.4 Å². The molecule has 7 nitrogen and oxygen atoms in total. The quantitative estimate of drug-likeness (QED) is 0.288. The van der Waals surface area contributed by atoms with Crippen LogP contribution in [0.1, 0.15) is 71.3 Å². The Labute approximate surface area is 216 Å². The molecule has 0 aliphatic carbocycles. The molecule has 2 saturated heterocycles. The number of amides is 1. The van der Waals surface area contributed by atoms with Crippen LogP contribution < -0.4 is 15.4 Å². The summed E-state index contributed by atoms with van der Waals surface area (Å²) < 4.78 is 10.9. The molecule has 1 aromatic carbocycles. The average molecular weight is 573 g/mol. The van der Waals surface area contributed by atoms with E-state index in [0.29, 0.717) is 12.0 Å². The van der Waals surface area contributed by atoms with Gasteiger partial charge in [-0.3, -0.25) is 4.99 Å². The van der Waals surface area contributed by atoms with Gasteiger partial charge in [0, 0.05) is 31.7 Å². The summed E-state index contributed by atoms with van der Waals surface area (Å²) in [6, 6.07) is 9.09. The van der Waals surface area contributed by atoms with Crippen molar-refractivity contribution >= 4 is 36.0 Å². The summed E-state index contributed by atoms with van der Waals surface area (Å²) in [5.74, 6) is 2.16. The van der Waals surface area contributed by atoms with E-state index in [2.05, 4.69) is 34.7 Å². The largest absolute Gasteiger partial charge is 0.497 e. The highest BCUT2D eigenvalue weighted by Gasteiger charge is 2.45. The second-order valence-electron chi connectivity index (χ2n) is 10.0. The minimum Gasteiger partial charge on any atom is -0.497 e. The Morgan fingerprint density at radius 2 is 1.79 bits per heavy atom. The van der Waals surface area contributed by atoms with Gasteiger partial charge in [-0.15, -0.1) is 24.0 Å². The van der Waals surface area contributed by atoms with Crippen molar-refractivity contribution in [3.8, 4) is 5.75 Å². The maximum atomic E-state index is 12.7. The van der Waals surface area contributed by atoms with Crippen LogP contribution in [0.4, 0.5) is 4.79 Å². The van der Waals surface area contributed by atoms with Crippen LogP contribution in [0.2, 0.25) is 0 Å². The van der Waals surface area contributed by atoms with Gasteiger partial charge in [0.05, 0.1) is 7.11 Å². The molecule has 2 heterocycles. The van der Waals surface area contributed by atoms with Crippen molar-refractivity contribution in [2.75, 3.05) is 20.7 Å². The van der Waals surface area contributed by atoms with Gasteiger partial charge in [-0.1, -0.05) is 19.1 Å². The van der Waals surface area contributed by atoms with Gasteiger partial charge in [-0.2, -0.15) is 0 Å². The smallest absolute Gasteiger partial charge is 0.410 e. The lowest BCUT2D eigenvalue weighted by atomic mass is 9.97. The van der Waals surface area contributed by atoms with Gasteiger partial charge in [-0.05, 0) is 76.5 Å². The van der Waals surface area contributed by atoms with E-state index in [1.165, 1.54) is 5.56 Å². The first-order chi connectivity index (χ1) is 15.2. The van der Waals surface area contributed by atoms with Crippen molar-refractivity contribution in [3.05, 3.63) is 29.8 Å².